The predicted octanol–water partition coefficient (Wildman–Crippen LogP) is -0.678. The van der Waals surface area contributed by atoms with Gasteiger partial charge in [0.25, 0.3) is 0 Å². The fraction of sp³-hybridized carbons (Fsp3) is 1.00. The van der Waals surface area contributed by atoms with Crippen LogP contribution in [0.25, 0.3) is 0 Å². The highest BCUT2D eigenvalue weighted by molar-refractivity contribution is 7.77. The molecule has 0 aromatic heterocycles. The highest BCUT2D eigenvalue weighted by atomic mass is 32.2. The van der Waals surface area contributed by atoms with Gasteiger partial charge in [-0.2, -0.15) is 0 Å². The maximum absolute atomic E-state index is 9.92. The standard InChI is InChI=1S/C5H14N2O2S/c1-7(2)5-3-4-6-10(8)9/h6H,3-5H2,1-2H3,(H,8,9)/p-1. The van der Waals surface area contributed by atoms with Crippen molar-refractivity contribution >= 4 is 11.3 Å². The summed E-state index contributed by atoms with van der Waals surface area (Å²) in [6.45, 7) is 1.43. The molecule has 0 aromatic carbocycles. The first kappa shape index (κ1) is 10.0. The van der Waals surface area contributed by atoms with Crippen LogP contribution >= 0.6 is 0 Å². The Hall–Kier alpha value is 0.0300. The van der Waals surface area contributed by atoms with E-state index in [1.54, 1.807) is 0 Å². The maximum atomic E-state index is 9.92. The molecule has 0 heterocycles. The van der Waals surface area contributed by atoms with E-state index in [1.165, 1.54) is 0 Å². The zero-order valence-corrected chi connectivity index (χ0v) is 7.11. The third kappa shape index (κ3) is 8.03. The molecule has 0 aliphatic carbocycles. The van der Waals surface area contributed by atoms with Crippen LogP contribution in [0.2, 0.25) is 0 Å². The average Bonchev–Trinajstić information content (AvgIpc) is 1.79. The molecule has 0 aliphatic rings. The molecule has 4 nitrogen and oxygen atoms in total. The lowest BCUT2D eigenvalue weighted by Gasteiger charge is -2.10. The van der Waals surface area contributed by atoms with Gasteiger partial charge in [-0.05, 0) is 27.1 Å². The van der Waals surface area contributed by atoms with Crippen molar-refractivity contribution < 1.29 is 8.76 Å². The quantitative estimate of drug-likeness (QED) is 0.434. The lowest BCUT2D eigenvalue weighted by atomic mass is 10.4. The van der Waals surface area contributed by atoms with Crippen molar-refractivity contribution in [1.29, 1.82) is 0 Å². The zero-order chi connectivity index (χ0) is 7.98. The van der Waals surface area contributed by atoms with Crippen LogP contribution in [0, 0.1) is 0 Å². The van der Waals surface area contributed by atoms with E-state index < -0.39 is 11.3 Å². The van der Waals surface area contributed by atoms with Crippen LogP contribution in [-0.2, 0) is 11.3 Å². The summed E-state index contributed by atoms with van der Waals surface area (Å²) in [7, 11) is 3.91. The average molecular weight is 165 g/mol. The van der Waals surface area contributed by atoms with Crippen LogP contribution in [0.4, 0.5) is 0 Å². The topological polar surface area (TPSA) is 55.4 Å². The number of hydrogen-bond donors (Lipinski definition) is 1. The van der Waals surface area contributed by atoms with Crippen molar-refractivity contribution in [2.75, 3.05) is 27.2 Å². The summed E-state index contributed by atoms with van der Waals surface area (Å²) < 4.78 is 22.1. The molecule has 0 saturated heterocycles. The molecule has 62 valence electrons. The minimum atomic E-state index is -2.10. The highest BCUT2D eigenvalue weighted by Gasteiger charge is 1.88. The summed E-state index contributed by atoms with van der Waals surface area (Å²) in [4.78, 5) is 2.01. The Balaban J connectivity index is 2.98. The van der Waals surface area contributed by atoms with Crippen molar-refractivity contribution in [2.24, 2.45) is 0 Å². The molecule has 1 N–H and O–H groups in total. The Labute approximate surface area is 64.0 Å². The van der Waals surface area contributed by atoms with Crippen LogP contribution < -0.4 is 4.72 Å². The van der Waals surface area contributed by atoms with Gasteiger partial charge in [0, 0.05) is 17.8 Å². The maximum Gasteiger partial charge on any atom is 0.0181 e. The third-order valence-electron chi connectivity index (χ3n) is 1.00. The molecule has 1 unspecified atom stereocenters. The van der Waals surface area contributed by atoms with Crippen molar-refractivity contribution in [1.82, 2.24) is 9.62 Å². The van der Waals surface area contributed by atoms with Crippen molar-refractivity contribution in [3.63, 3.8) is 0 Å². The van der Waals surface area contributed by atoms with E-state index in [0.717, 1.165) is 13.0 Å². The summed E-state index contributed by atoms with van der Waals surface area (Å²) >= 11 is -2.10. The number of nitrogens with one attached hydrogen (secondary N) is 1. The minimum Gasteiger partial charge on any atom is -0.760 e. The normalized spacial score (nSPS) is 14.0. The summed E-state index contributed by atoms with van der Waals surface area (Å²) in [6, 6.07) is 0. The molecule has 0 aromatic rings. The third-order valence-corrected chi connectivity index (χ3v) is 1.44. The van der Waals surface area contributed by atoms with Gasteiger partial charge in [-0.3, -0.25) is 4.21 Å². The van der Waals surface area contributed by atoms with Gasteiger partial charge in [0.1, 0.15) is 0 Å². The van der Waals surface area contributed by atoms with E-state index in [1.807, 2.05) is 19.0 Å². The molecule has 0 rings (SSSR count). The van der Waals surface area contributed by atoms with Crippen molar-refractivity contribution in [2.45, 2.75) is 6.42 Å². The van der Waals surface area contributed by atoms with Crippen LogP contribution in [-0.4, -0.2) is 40.8 Å². The van der Waals surface area contributed by atoms with Gasteiger partial charge in [0.15, 0.2) is 0 Å². The van der Waals surface area contributed by atoms with Crippen LogP contribution in [0.1, 0.15) is 6.42 Å². The second-order valence-corrected chi connectivity index (χ2v) is 3.04. The molecular weight excluding hydrogens is 152 g/mol. The monoisotopic (exact) mass is 165 g/mol. The van der Waals surface area contributed by atoms with Crippen LogP contribution in [0.15, 0.2) is 0 Å². The van der Waals surface area contributed by atoms with Crippen LogP contribution in [0.5, 0.6) is 0 Å². The smallest absolute Gasteiger partial charge is 0.0181 e. The fourth-order valence-corrected chi connectivity index (χ4v) is 0.862. The molecule has 0 saturated carbocycles. The van der Waals surface area contributed by atoms with Gasteiger partial charge in [0.2, 0.25) is 0 Å². The highest BCUT2D eigenvalue weighted by Crippen LogP contribution is 1.80. The molecule has 0 aliphatic heterocycles. The molecule has 0 fully saturated rings. The van der Waals surface area contributed by atoms with Gasteiger partial charge >= 0.3 is 0 Å². The second-order valence-electron chi connectivity index (χ2n) is 2.29. The second kappa shape index (κ2) is 5.79. The SMILES string of the molecule is CN(C)CCCNS(=O)[O-]. The first-order valence-electron chi connectivity index (χ1n) is 3.10. The molecule has 0 bridgehead atoms. The van der Waals surface area contributed by atoms with E-state index in [-0.39, 0.29) is 0 Å². The van der Waals surface area contributed by atoms with E-state index >= 15 is 0 Å². The first-order chi connectivity index (χ1) is 4.63. The van der Waals surface area contributed by atoms with Gasteiger partial charge in [-0.15, -0.1) is 0 Å². The van der Waals surface area contributed by atoms with E-state index in [2.05, 4.69) is 4.72 Å². The fourth-order valence-electron chi connectivity index (χ4n) is 0.551. The summed E-state index contributed by atoms with van der Waals surface area (Å²) in [5.74, 6) is 0. The lowest BCUT2D eigenvalue weighted by molar-refractivity contribution is 0.399. The largest absolute Gasteiger partial charge is 0.760 e. The predicted molar refractivity (Wildman–Crippen MR) is 40.1 cm³/mol. The minimum absolute atomic E-state index is 0.522. The number of hydrogen-bond acceptors (Lipinski definition) is 3. The van der Waals surface area contributed by atoms with E-state index in [0.29, 0.717) is 6.54 Å². The van der Waals surface area contributed by atoms with E-state index in [9.17, 15) is 8.76 Å². The Morgan fingerprint density at radius 2 is 2.20 bits per heavy atom. The Morgan fingerprint density at radius 1 is 1.60 bits per heavy atom. The van der Waals surface area contributed by atoms with Gasteiger partial charge < -0.3 is 9.45 Å². The molecule has 5 heteroatoms. The molecular formula is C5H13N2O2S-. The molecule has 0 amide bonds. The number of nitrogens with zero attached hydrogens (tertiary/aromatic N) is 1. The Bertz CT molecular complexity index is 108. The molecule has 0 radical (unpaired) electrons. The summed E-state index contributed by atoms with van der Waals surface area (Å²) in [5, 5.41) is 0. The Morgan fingerprint density at radius 3 is 2.60 bits per heavy atom. The van der Waals surface area contributed by atoms with Gasteiger partial charge in [0.05, 0.1) is 0 Å². The Kier molecular flexibility index (Phi) is 5.81. The molecule has 0 spiro atoms. The molecule has 10 heavy (non-hydrogen) atoms. The molecule has 1 atom stereocenters. The summed E-state index contributed by atoms with van der Waals surface area (Å²) in [5.41, 5.74) is 0. The van der Waals surface area contributed by atoms with Crippen molar-refractivity contribution in [3.05, 3.63) is 0 Å². The lowest BCUT2D eigenvalue weighted by Crippen LogP contribution is -2.22. The number of rotatable bonds is 5. The van der Waals surface area contributed by atoms with Crippen LogP contribution in [0.3, 0.4) is 0 Å². The van der Waals surface area contributed by atoms with Gasteiger partial charge in [-0.25, -0.2) is 4.72 Å². The zero-order valence-electron chi connectivity index (χ0n) is 6.29. The first-order valence-corrected chi connectivity index (χ1v) is 4.18. The van der Waals surface area contributed by atoms with Crippen molar-refractivity contribution in [3.8, 4) is 0 Å². The van der Waals surface area contributed by atoms with E-state index in [4.69, 9.17) is 0 Å². The summed E-state index contributed by atoms with van der Waals surface area (Å²) in [6.07, 6.45) is 0.848. The van der Waals surface area contributed by atoms with Gasteiger partial charge in [-0.1, -0.05) is 0 Å².